The number of primary amides is 1. The molecular formula is C11H10N2O4. The molecule has 6 heteroatoms. The van der Waals surface area contributed by atoms with Gasteiger partial charge in [0.25, 0.3) is 11.6 Å². The maximum Gasteiger partial charge on any atom is 0.293 e. The Morgan fingerprint density at radius 2 is 2.29 bits per heavy atom. The van der Waals surface area contributed by atoms with E-state index in [1.54, 1.807) is 6.92 Å². The van der Waals surface area contributed by atoms with E-state index in [9.17, 15) is 14.9 Å². The van der Waals surface area contributed by atoms with Crippen molar-refractivity contribution in [3.05, 3.63) is 33.9 Å². The van der Waals surface area contributed by atoms with Gasteiger partial charge in [-0.2, -0.15) is 0 Å². The van der Waals surface area contributed by atoms with Gasteiger partial charge < -0.3 is 10.5 Å². The van der Waals surface area contributed by atoms with Crippen molar-refractivity contribution in [2.24, 2.45) is 5.73 Å². The van der Waals surface area contributed by atoms with Crippen molar-refractivity contribution in [2.75, 3.05) is 6.61 Å². The van der Waals surface area contributed by atoms with Crippen LogP contribution in [0.5, 0.6) is 5.75 Å². The first-order valence-corrected chi connectivity index (χ1v) is 4.77. The van der Waals surface area contributed by atoms with Gasteiger partial charge in [-0.05, 0) is 13.0 Å². The second-order valence-corrected chi connectivity index (χ2v) is 2.98. The van der Waals surface area contributed by atoms with E-state index in [2.05, 4.69) is 11.8 Å². The molecule has 0 aliphatic heterocycles. The molecule has 0 atom stereocenters. The third-order valence-electron chi connectivity index (χ3n) is 1.79. The molecule has 1 rings (SSSR count). The number of carbonyl (C=O) groups is 1. The Balaban J connectivity index is 3.21. The molecule has 2 N–H and O–H groups in total. The molecule has 0 aromatic heterocycles. The lowest BCUT2D eigenvalue weighted by Gasteiger charge is -2.04. The summed E-state index contributed by atoms with van der Waals surface area (Å²) in [6.07, 6.45) is 0. The number of nitrogens with two attached hydrogens (primary N) is 1. The van der Waals surface area contributed by atoms with Crippen molar-refractivity contribution < 1.29 is 14.5 Å². The fourth-order valence-electron chi connectivity index (χ4n) is 1.14. The minimum Gasteiger partial charge on any atom is -0.493 e. The van der Waals surface area contributed by atoms with Crippen LogP contribution in [-0.2, 0) is 4.79 Å². The fraction of sp³-hybridized carbons (Fsp3) is 0.182. The van der Waals surface area contributed by atoms with Gasteiger partial charge in [0.05, 0.1) is 17.1 Å². The first-order chi connectivity index (χ1) is 8.04. The lowest BCUT2D eigenvalue weighted by molar-refractivity contribution is -0.384. The summed E-state index contributed by atoms with van der Waals surface area (Å²) in [6, 6.07) is 3.98. The van der Waals surface area contributed by atoms with Crippen LogP contribution in [0.1, 0.15) is 12.5 Å². The normalized spacial score (nSPS) is 9.00. The molecule has 0 spiro atoms. The third-order valence-corrected chi connectivity index (χ3v) is 1.79. The highest BCUT2D eigenvalue weighted by molar-refractivity contribution is 5.92. The minimum atomic E-state index is -0.807. The fourth-order valence-corrected chi connectivity index (χ4v) is 1.14. The zero-order valence-electron chi connectivity index (χ0n) is 9.10. The summed E-state index contributed by atoms with van der Waals surface area (Å²) in [5, 5.41) is 10.6. The van der Waals surface area contributed by atoms with E-state index in [0.717, 1.165) is 0 Å². The molecule has 0 unspecified atom stereocenters. The van der Waals surface area contributed by atoms with Crippen molar-refractivity contribution in [2.45, 2.75) is 6.92 Å². The van der Waals surface area contributed by atoms with Crippen molar-refractivity contribution in [1.82, 2.24) is 0 Å². The molecule has 0 aliphatic rings. The van der Waals surface area contributed by atoms with E-state index >= 15 is 0 Å². The molecule has 0 saturated carbocycles. The first-order valence-electron chi connectivity index (χ1n) is 4.77. The Labute approximate surface area is 97.5 Å². The van der Waals surface area contributed by atoms with Crippen molar-refractivity contribution in [3.63, 3.8) is 0 Å². The van der Waals surface area contributed by atoms with E-state index in [-0.39, 0.29) is 11.3 Å². The van der Waals surface area contributed by atoms with Crippen LogP contribution in [-0.4, -0.2) is 17.4 Å². The number of nitro groups is 1. The van der Waals surface area contributed by atoms with Crippen LogP contribution in [0.4, 0.5) is 5.69 Å². The highest BCUT2D eigenvalue weighted by atomic mass is 16.6. The Hall–Kier alpha value is -2.55. The molecule has 1 aromatic rings. The summed E-state index contributed by atoms with van der Waals surface area (Å²) < 4.78 is 5.23. The van der Waals surface area contributed by atoms with Crippen LogP contribution < -0.4 is 10.5 Å². The number of carbonyl (C=O) groups excluding carboxylic acids is 1. The number of non-ortho nitro benzene ring substituents is 1. The van der Waals surface area contributed by atoms with Crippen LogP contribution >= 0.6 is 0 Å². The number of rotatable bonds is 3. The molecule has 0 aliphatic carbocycles. The average Bonchev–Trinajstić information content (AvgIpc) is 2.27. The Morgan fingerprint density at radius 1 is 1.59 bits per heavy atom. The van der Waals surface area contributed by atoms with Gasteiger partial charge in [0.15, 0.2) is 0 Å². The predicted octanol–water partition coefficient (Wildman–Crippen LogP) is 0.830. The molecular weight excluding hydrogens is 224 g/mol. The van der Waals surface area contributed by atoms with Gasteiger partial charge in [-0.25, -0.2) is 0 Å². The number of hydrogen-bond donors (Lipinski definition) is 1. The molecule has 0 bridgehead atoms. The Kier molecular flexibility index (Phi) is 4.06. The first kappa shape index (κ1) is 12.5. The highest BCUT2D eigenvalue weighted by Gasteiger charge is 2.10. The summed E-state index contributed by atoms with van der Waals surface area (Å²) >= 11 is 0. The minimum absolute atomic E-state index is 0.123. The smallest absolute Gasteiger partial charge is 0.293 e. The Bertz CT molecular complexity index is 514. The van der Waals surface area contributed by atoms with Crippen LogP contribution in [0.2, 0.25) is 0 Å². The van der Waals surface area contributed by atoms with Gasteiger partial charge in [0.1, 0.15) is 5.75 Å². The van der Waals surface area contributed by atoms with Crippen molar-refractivity contribution in [1.29, 1.82) is 0 Å². The third kappa shape index (κ3) is 3.50. The largest absolute Gasteiger partial charge is 0.493 e. The number of amides is 1. The zero-order valence-corrected chi connectivity index (χ0v) is 9.10. The van der Waals surface area contributed by atoms with Crippen LogP contribution in [0, 0.1) is 22.0 Å². The number of nitrogens with zero attached hydrogens (tertiary/aromatic N) is 1. The molecule has 0 saturated heterocycles. The lowest BCUT2D eigenvalue weighted by Crippen LogP contribution is -2.06. The molecule has 0 heterocycles. The molecule has 0 fully saturated rings. The lowest BCUT2D eigenvalue weighted by atomic mass is 10.2. The quantitative estimate of drug-likeness (QED) is 0.476. The second kappa shape index (κ2) is 5.51. The molecule has 6 nitrogen and oxygen atoms in total. The topological polar surface area (TPSA) is 95.5 Å². The molecule has 1 aromatic carbocycles. The summed E-state index contributed by atoms with van der Waals surface area (Å²) in [7, 11) is 0. The van der Waals surface area contributed by atoms with Gasteiger partial charge in [0, 0.05) is 18.1 Å². The molecule has 1 amide bonds. The van der Waals surface area contributed by atoms with Gasteiger partial charge in [-0.3, -0.25) is 14.9 Å². The molecule has 88 valence electrons. The van der Waals surface area contributed by atoms with Crippen LogP contribution in [0.15, 0.2) is 18.2 Å². The van der Waals surface area contributed by atoms with Crippen molar-refractivity contribution in [3.8, 4) is 17.6 Å². The summed E-state index contributed by atoms with van der Waals surface area (Å²) in [5.74, 6) is 4.13. The predicted molar refractivity (Wildman–Crippen MR) is 60.3 cm³/mol. The standard InChI is InChI=1S/C11H10N2O4/c1-2-17-10-5-4-9(13(15)16)7-8(10)3-6-11(12)14/h4-5,7H,2H2,1H3,(H2,12,14). The number of hydrogen-bond acceptors (Lipinski definition) is 4. The van der Waals surface area contributed by atoms with Crippen molar-refractivity contribution >= 4 is 11.6 Å². The number of benzene rings is 1. The van der Waals surface area contributed by atoms with E-state index in [1.807, 2.05) is 0 Å². The number of nitro benzene ring substituents is 1. The maximum absolute atomic E-state index is 10.6. The van der Waals surface area contributed by atoms with Crippen LogP contribution in [0.25, 0.3) is 0 Å². The average molecular weight is 234 g/mol. The van der Waals surface area contributed by atoms with E-state index in [1.165, 1.54) is 18.2 Å². The highest BCUT2D eigenvalue weighted by Crippen LogP contribution is 2.23. The molecule has 0 radical (unpaired) electrons. The summed E-state index contributed by atoms with van der Waals surface area (Å²) in [5.41, 5.74) is 5.02. The monoisotopic (exact) mass is 234 g/mol. The van der Waals surface area contributed by atoms with Gasteiger partial charge >= 0.3 is 0 Å². The number of ether oxygens (including phenoxy) is 1. The summed E-state index contributed by atoms with van der Waals surface area (Å²) in [6.45, 7) is 2.16. The van der Waals surface area contributed by atoms with Gasteiger partial charge in [0.2, 0.25) is 0 Å². The zero-order chi connectivity index (χ0) is 12.8. The van der Waals surface area contributed by atoms with E-state index < -0.39 is 10.8 Å². The molecule has 17 heavy (non-hydrogen) atoms. The second-order valence-electron chi connectivity index (χ2n) is 2.98. The van der Waals surface area contributed by atoms with Gasteiger partial charge in [-0.15, -0.1) is 0 Å². The maximum atomic E-state index is 10.6. The van der Waals surface area contributed by atoms with Gasteiger partial charge in [-0.1, -0.05) is 5.92 Å². The van der Waals surface area contributed by atoms with Crippen LogP contribution in [0.3, 0.4) is 0 Å². The van der Waals surface area contributed by atoms with E-state index in [4.69, 9.17) is 10.5 Å². The van der Waals surface area contributed by atoms with E-state index in [0.29, 0.717) is 12.4 Å². The summed E-state index contributed by atoms with van der Waals surface area (Å²) in [4.78, 5) is 20.6. The Morgan fingerprint density at radius 3 is 2.82 bits per heavy atom. The SMILES string of the molecule is CCOc1ccc([N+](=O)[O-])cc1C#CC(N)=O.